The number of aromatic nitrogens is 4. The van der Waals surface area contributed by atoms with Gasteiger partial charge in [-0.25, -0.2) is 4.98 Å². The van der Waals surface area contributed by atoms with E-state index in [1.54, 1.807) is 26.1 Å². The van der Waals surface area contributed by atoms with Crippen molar-refractivity contribution in [3.63, 3.8) is 0 Å². The molecule has 0 aliphatic heterocycles. The second-order valence-corrected chi connectivity index (χ2v) is 7.04. The molecule has 0 aliphatic rings. The summed E-state index contributed by atoms with van der Waals surface area (Å²) in [6.07, 6.45) is 1.90. The number of carbonyl (C=O) groups excluding carboxylic acids is 1. The second-order valence-electron chi connectivity index (χ2n) is 6.61. The SMILES string of the molecule is Cc1nn(C)c2c(=O)n(CC(=O)NCCC(C)Oc3cccc(Cl)c3)cnc12. The lowest BCUT2D eigenvalue weighted by molar-refractivity contribution is -0.121. The summed E-state index contributed by atoms with van der Waals surface area (Å²) < 4.78 is 8.54. The zero-order valence-corrected chi connectivity index (χ0v) is 16.7. The monoisotopic (exact) mass is 403 g/mol. The molecule has 148 valence electrons. The first kappa shape index (κ1) is 19.9. The average molecular weight is 404 g/mol. The number of rotatable bonds is 7. The molecule has 1 N–H and O–H groups in total. The number of fused-ring (bicyclic) bond motifs is 1. The van der Waals surface area contributed by atoms with Gasteiger partial charge in [0.1, 0.15) is 17.8 Å². The summed E-state index contributed by atoms with van der Waals surface area (Å²) in [7, 11) is 1.68. The number of aryl methyl sites for hydroxylation is 2. The number of halogens is 1. The molecule has 0 spiro atoms. The number of ether oxygens (including phenoxy) is 1. The van der Waals surface area contributed by atoms with E-state index < -0.39 is 0 Å². The van der Waals surface area contributed by atoms with E-state index in [0.717, 1.165) is 0 Å². The molecule has 1 aromatic carbocycles. The van der Waals surface area contributed by atoms with Gasteiger partial charge in [-0.2, -0.15) is 5.10 Å². The maximum Gasteiger partial charge on any atom is 0.279 e. The highest BCUT2D eigenvalue weighted by Crippen LogP contribution is 2.18. The van der Waals surface area contributed by atoms with Gasteiger partial charge in [0, 0.05) is 25.0 Å². The molecule has 8 nitrogen and oxygen atoms in total. The van der Waals surface area contributed by atoms with Crippen LogP contribution in [-0.4, -0.2) is 37.9 Å². The number of hydrogen-bond donors (Lipinski definition) is 1. The van der Waals surface area contributed by atoms with Crippen LogP contribution in [0.3, 0.4) is 0 Å². The van der Waals surface area contributed by atoms with E-state index in [4.69, 9.17) is 16.3 Å². The third-order valence-corrected chi connectivity index (χ3v) is 4.54. The van der Waals surface area contributed by atoms with E-state index in [0.29, 0.717) is 40.5 Å². The molecule has 1 amide bonds. The van der Waals surface area contributed by atoms with Crippen molar-refractivity contribution in [3.05, 3.63) is 51.7 Å². The van der Waals surface area contributed by atoms with E-state index in [1.807, 2.05) is 19.1 Å². The van der Waals surface area contributed by atoms with E-state index in [-0.39, 0.29) is 24.1 Å². The van der Waals surface area contributed by atoms with Gasteiger partial charge in [-0.1, -0.05) is 17.7 Å². The third-order valence-electron chi connectivity index (χ3n) is 4.30. The van der Waals surface area contributed by atoms with Gasteiger partial charge in [0.25, 0.3) is 5.56 Å². The van der Waals surface area contributed by atoms with Crippen LogP contribution in [-0.2, 0) is 18.4 Å². The molecular weight excluding hydrogens is 382 g/mol. The summed E-state index contributed by atoms with van der Waals surface area (Å²) in [6.45, 7) is 4.03. The fraction of sp³-hybridized carbons (Fsp3) is 0.368. The number of nitrogens with one attached hydrogen (secondary N) is 1. The van der Waals surface area contributed by atoms with Gasteiger partial charge < -0.3 is 10.1 Å². The Morgan fingerprint density at radius 3 is 2.93 bits per heavy atom. The molecule has 1 atom stereocenters. The smallest absolute Gasteiger partial charge is 0.279 e. The van der Waals surface area contributed by atoms with E-state index >= 15 is 0 Å². The molecule has 28 heavy (non-hydrogen) atoms. The zero-order chi connectivity index (χ0) is 20.3. The fourth-order valence-electron chi connectivity index (χ4n) is 2.93. The Balaban J connectivity index is 1.53. The lowest BCUT2D eigenvalue weighted by Crippen LogP contribution is -2.34. The Kier molecular flexibility index (Phi) is 5.99. The summed E-state index contributed by atoms with van der Waals surface area (Å²) in [5.41, 5.74) is 1.33. The summed E-state index contributed by atoms with van der Waals surface area (Å²) in [4.78, 5) is 29.0. The molecule has 2 heterocycles. The molecule has 0 radical (unpaired) electrons. The molecular formula is C19H22ClN5O3. The fourth-order valence-corrected chi connectivity index (χ4v) is 3.11. The lowest BCUT2D eigenvalue weighted by atomic mass is 10.2. The predicted octanol–water partition coefficient (Wildman–Crippen LogP) is 2.07. The molecule has 0 fully saturated rings. The van der Waals surface area contributed by atoms with Crippen LogP contribution in [0.15, 0.2) is 35.4 Å². The molecule has 0 saturated carbocycles. The number of nitrogens with zero attached hydrogens (tertiary/aromatic N) is 4. The Morgan fingerprint density at radius 2 is 2.18 bits per heavy atom. The van der Waals surface area contributed by atoms with Gasteiger partial charge in [-0.15, -0.1) is 0 Å². The molecule has 3 rings (SSSR count). The first-order valence-corrected chi connectivity index (χ1v) is 9.30. The second kappa shape index (κ2) is 8.43. The summed E-state index contributed by atoms with van der Waals surface area (Å²) in [6, 6.07) is 7.17. The minimum Gasteiger partial charge on any atom is -0.491 e. The lowest BCUT2D eigenvalue weighted by Gasteiger charge is -2.15. The van der Waals surface area contributed by atoms with Crippen LogP contribution < -0.4 is 15.6 Å². The van der Waals surface area contributed by atoms with Crippen molar-refractivity contribution in [1.29, 1.82) is 0 Å². The number of carbonyl (C=O) groups is 1. The van der Waals surface area contributed by atoms with Crippen LogP contribution in [0.2, 0.25) is 5.02 Å². The van der Waals surface area contributed by atoms with Crippen LogP contribution in [0.5, 0.6) is 5.75 Å². The highest BCUT2D eigenvalue weighted by molar-refractivity contribution is 6.30. The normalized spacial score (nSPS) is 12.1. The van der Waals surface area contributed by atoms with Crippen molar-refractivity contribution in [3.8, 4) is 5.75 Å². The number of hydrogen-bond acceptors (Lipinski definition) is 5. The quantitative estimate of drug-likeness (QED) is 0.652. The summed E-state index contributed by atoms with van der Waals surface area (Å²) in [5, 5.41) is 7.61. The topological polar surface area (TPSA) is 91.0 Å². The van der Waals surface area contributed by atoms with Crippen molar-refractivity contribution in [2.24, 2.45) is 7.05 Å². The molecule has 0 saturated heterocycles. The zero-order valence-electron chi connectivity index (χ0n) is 16.0. The molecule has 1 unspecified atom stereocenters. The van der Waals surface area contributed by atoms with Crippen LogP contribution >= 0.6 is 11.6 Å². The highest BCUT2D eigenvalue weighted by atomic mass is 35.5. The van der Waals surface area contributed by atoms with Crippen LogP contribution in [0.1, 0.15) is 19.0 Å². The number of benzene rings is 1. The largest absolute Gasteiger partial charge is 0.491 e. The third kappa shape index (κ3) is 4.51. The standard InChI is InChI=1S/C19H22ClN5O3/c1-12(28-15-6-4-5-14(20)9-15)7-8-21-16(26)10-25-11-22-17-13(2)23-24(3)18(17)19(25)27/h4-6,9,11-12H,7-8,10H2,1-3H3,(H,21,26). The Bertz CT molecular complexity index is 1060. The van der Waals surface area contributed by atoms with Gasteiger partial charge in [-0.3, -0.25) is 18.8 Å². The first-order valence-electron chi connectivity index (χ1n) is 8.93. The van der Waals surface area contributed by atoms with E-state index in [2.05, 4.69) is 15.4 Å². The van der Waals surface area contributed by atoms with Crippen molar-refractivity contribution in [1.82, 2.24) is 24.6 Å². The predicted molar refractivity (Wildman–Crippen MR) is 107 cm³/mol. The van der Waals surface area contributed by atoms with E-state index in [9.17, 15) is 9.59 Å². The van der Waals surface area contributed by atoms with Gasteiger partial charge >= 0.3 is 0 Å². The van der Waals surface area contributed by atoms with Crippen molar-refractivity contribution < 1.29 is 9.53 Å². The highest BCUT2D eigenvalue weighted by Gasteiger charge is 2.14. The first-order chi connectivity index (χ1) is 13.3. The number of amides is 1. The molecule has 3 aromatic rings. The van der Waals surface area contributed by atoms with Gasteiger partial charge in [-0.05, 0) is 32.0 Å². The molecule has 0 bridgehead atoms. The minimum atomic E-state index is -0.291. The molecule has 9 heteroatoms. The van der Waals surface area contributed by atoms with Gasteiger partial charge in [0.2, 0.25) is 5.91 Å². The molecule has 2 aromatic heterocycles. The van der Waals surface area contributed by atoms with Crippen molar-refractivity contribution >= 4 is 28.5 Å². The molecule has 0 aliphatic carbocycles. The van der Waals surface area contributed by atoms with Gasteiger partial charge in [0.05, 0.1) is 18.1 Å². The maximum absolute atomic E-state index is 12.6. The van der Waals surface area contributed by atoms with Gasteiger partial charge in [0.15, 0.2) is 5.52 Å². The van der Waals surface area contributed by atoms with Crippen LogP contribution in [0.4, 0.5) is 0 Å². The Morgan fingerprint density at radius 1 is 1.39 bits per heavy atom. The van der Waals surface area contributed by atoms with Crippen LogP contribution in [0, 0.1) is 6.92 Å². The van der Waals surface area contributed by atoms with Crippen LogP contribution in [0.25, 0.3) is 11.0 Å². The summed E-state index contributed by atoms with van der Waals surface area (Å²) >= 11 is 5.94. The van der Waals surface area contributed by atoms with Crippen molar-refractivity contribution in [2.75, 3.05) is 6.54 Å². The van der Waals surface area contributed by atoms with E-state index in [1.165, 1.54) is 15.6 Å². The average Bonchev–Trinajstić information content (AvgIpc) is 2.92. The Hall–Kier alpha value is -2.87. The van der Waals surface area contributed by atoms with Crippen molar-refractivity contribution in [2.45, 2.75) is 32.9 Å². The maximum atomic E-state index is 12.6. The minimum absolute atomic E-state index is 0.100. The Labute approximate surface area is 167 Å². The summed E-state index contributed by atoms with van der Waals surface area (Å²) in [5.74, 6) is 0.417.